The lowest BCUT2D eigenvalue weighted by atomic mass is 10.7. The van der Waals surface area contributed by atoms with Crippen molar-refractivity contribution in [3.05, 3.63) is 10.3 Å². The zero-order chi connectivity index (χ0) is 6.69. The average Bonchev–Trinajstić information content (AvgIpc) is 1.90. The smallest absolute Gasteiger partial charge is 0.259 e. The molecule has 0 unspecified atom stereocenters. The lowest BCUT2D eigenvalue weighted by Gasteiger charge is -2.05. The summed E-state index contributed by atoms with van der Waals surface area (Å²) in [5.41, 5.74) is 0. The van der Waals surface area contributed by atoms with Gasteiger partial charge in [0, 0.05) is 11.5 Å². The fourth-order valence-corrected chi connectivity index (χ4v) is 2.66. The van der Waals surface area contributed by atoms with Crippen LogP contribution < -0.4 is 0 Å². The standard InChI is InChI=1S/C5H5ClOS2/c6-5(7)4-3-8-1-2-9-4/h3H,1-2H2. The van der Waals surface area contributed by atoms with Crippen molar-refractivity contribution in [3.63, 3.8) is 0 Å². The topological polar surface area (TPSA) is 17.1 Å². The predicted molar refractivity (Wildman–Crippen MR) is 43.9 cm³/mol. The third-order valence-electron chi connectivity index (χ3n) is 0.843. The first-order valence-electron chi connectivity index (χ1n) is 2.45. The Morgan fingerprint density at radius 3 is 2.78 bits per heavy atom. The van der Waals surface area contributed by atoms with Gasteiger partial charge in [-0.2, -0.15) is 0 Å². The van der Waals surface area contributed by atoms with Crippen molar-refractivity contribution in [2.75, 3.05) is 11.5 Å². The first kappa shape index (κ1) is 7.51. The zero-order valence-corrected chi connectivity index (χ0v) is 6.98. The highest BCUT2D eigenvalue weighted by molar-refractivity contribution is 8.10. The van der Waals surface area contributed by atoms with Crippen molar-refractivity contribution in [1.82, 2.24) is 0 Å². The second-order valence-corrected chi connectivity index (χ2v) is 3.93. The van der Waals surface area contributed by atoms with Crippen molar-refractivity contribution in [3.8, 4) is 0 Å². The Kier molecular flexibility index (Phi) is 2.95. The molecule has 9 heavy (non-hydrogen) atoms. The number of halogens is 1. The summed E-state index contributed by atoms with van der Waals surface area (Å²) in [5.74, 6) is 2.08. The van der Waals surface area contributed by atoms with E-state index in [2.05, 4.69) is 0 Å². The molecule has 0 radical (unpaired) electrons. The highest BCUT2D eigenvalue weighted by Crippen LogP contribution is 2.27. The van der Waals surface area contributed by atoms with Crippen molar-refractivity contribution in [1.29, 1.82) is 0 Å². The molecule has 0 aliphatic carbocycles. The summed E-state index contributed by atoms with van der Waals surface area (Å²) in [5, 5.41) is 1.50. The summed E-state index contributed by atoms with van der Waals surface area (Å²) in [4.78, 5) is 11.1. The Morgan fingerprint density at radius 2 is 2.44 bits per heavy atom. The van der Waals surface area contributed by atoms with Gasteiger partial charge in [-0.25, -0.2) is 0 Å². The van der Waals surface area contributed by atoms with Gasteiger partial charge in [-0.05, 0) is 17.0 Å². The van der Waals surface area contributed by atoms with Crippen molar-refractivity contribution < 1.29 is 4.79 Å². The van der Waals surface area contributed by atoms with Crippen LogP contribution >= 0.6 is 35.1 Å². The normalized spacial score (nSPS) is 19.0. The molecule has 1 heterocycles. The number of allylic oxidation sites excluding steroid dienone is 1. The first-order valence-corrected chi connectivity index (χ1v) is 4.86. The summed E-state index contributed by atoms with van der Waals surface area (Å²) < 4.78 is 0. The van der Waals surface area contributed by atoms with Crippen LogP contribution in [0.15, 0.2) is 10.3 Å². The SMILES string of the molecule is O=C(Cl)C1=CSCCS1. The number of rotatable bonds is 1. The van der Waals surface area contributed by atoms with E-state index in [0.29, 0.717) is 4.91 Å². The van der Waals surface area contributed by atoms with Gasteiger partial charge in [0.2, 0.25) is 0 Å². The maximum atomic E-state index is 10.5. The third kappa shape index (κ3) is 2.24. The molecule has 0 atom stereocenters. The molecule has 0 fully saturated rings. The van der Waals surface area contributed by atoms with E-state index in [1.165, 1.54) is 11.8 Å². The zero-order valence-electron chi connectivity index (χ0n) is 4.59. The van der Waals surface area contributed by atoms with Gasteiger partial charge in [-0.15, -0.1) is 23.5 Å². The highest BCUT2D eigenvalue weighted by atomic mass is 35.5. The second kappa shape index (κ2) is 3.54. The van der Waals surface area contributed by atoms with Crippen LogP contribution in [-0.2, 0) is 4.79 Å². The van der Waals surface area contributed by atoms with Crippen LogP contribution in [0.5, 0.6) is 0 Å². The lowest BCUT2D eigenvalue weighted by Crippen LogP contribution is -1.95. The van der Waals surface area contributed by atoms with Gasteiger partial charge in [0.25, 0.3) is 5.24 Å². The number of carbonyl (C=O) groups is 1. The Hall–Kier alpha value is 0.400. The van der Waals surface area contributed by atoms with Crippen LogP contribution in [0.1, 0.15) is 0 Å². The monoisotopic (exact) mass is 180 g/mol. The predicted octanol–water partition coefficient (Wildman–Crippen LogP) is 2.07. The van der Waals surface area contributed by atoms with E-state index in [1.807, 2.05) is 5.41 Å². The van der Waals surface area contributed by atoms with E-state index in [9.17, 15) is 4.79 Å². The van der Waals surface area contributed by atoms with Crippen LogP contribution in [0.25, 0.3) is 0 Å². The van der Waals surface area contributed by atoms with Crippen LogP contribution in [0.2, 0.25) is 0 Å². The Morgan fingerprint density at radius 1 is 1.67 bits per heavy atom. The van der Waals surface area contributed by atoms with Crippen molar-refractivity contribution in [2.24, 2.45) is 0 Å². The third-order valence-corrected chi connectivity index (χ3v) is 3.43. The van der Waals surface area contributed by atoms with E-state index in [-0.39, 0.29) is 5.24 Å². The molecule has 0 aromatic rings. The lowest BCUT2D eigenvalue weighted by molar-refractivity contribution is -0.107. The molecule has 1 rings (SSSR count). The van der Waals surface area contributed by atoms with Gasteiger partial charge >= 0.3 is 0 Å². The molecule has 0 N–H and O–H groups in total. The summed E-state index contributed by atoms with van der Waals surface area (Å²) in [6, 6.07) is 0. The molecule has 0 aromatic carbocycles. The van der Waals surface area contributed by atoms with Gasteiger partial charge in [-0.3, -0.25) is 4.79 Å². The highest BCUT2D eigenvalue weighted by Gasteiger charge is 2.09. The van der Waals surface area contributed by atoms with Gasteiger partial charge in [0.15, 0.2) is 0 Å². The number of thioether (sulfide) groups is 2. The molecule has 1 nitrogen and oxygen atoms in total. The van der Waals surface area contributed by atoms with Crippen LogP contribution in [0.4, 0.5) is 0 Å². The molecule has 50 valence electrons. The van der Waals surface area contributed by atoms with E-state index < -0.39 is 0 Å². The fraction of sp³-hybridized carbons (Fsp3) is 0.400. The summed E-state index contributed by atoms with van der Waals surface area (Å²) >= 11 is 8.39. The van der Waals surface area contributed by atoms with Gasteiger partial charge in [-0.1, -0.05) is 0 Å². The van der Waals surface area contributed by atoms with Gasteiger partial charge < -0.3 is 0 Å². The molecule has 0 amide bonds. The molecule has 0 saturated heterocycles. The molecule has 0 spiro atoms. The maximum Gasteiger partial charge on any atom is 0.259 e. The number of hydrogen-bond acceptors (Lipinski definition) is 3. The number of hydrogen-bond donors (Lipinski definition) is 0. The minimum absolute atomic E-state index is 0.327. The largest absolute Gasteiger partial charge is 0.275 e. The van der Waals surface area contributed by atoms with Crippen LogP contribution in [0, 0.1) is 0 Å². The summed E-state index contributed by atoms with van der Waals surface area (Å²) in [7, 11) is 0. The van der Waals surface area contributed by atoms with Crippen LogP contribution in [0.3, 0.4) is 0 Å². The number of carbonyl (C=O) groups excluding carboxylic acids is 1. The Bertz CT molecular complexity index is 155. The average molecular weight is 181 g/mol. The van der Waals surface area contributed by atoms with E-state index in [0.717, 1.165) is 11.5 Å². The van der Waals surface area contributed by atoms with Crippen LogP contribution in [-0.4, -0.2) is 16.7 Å². The molecular formula is C5H5ClOS2. The minimum Gasteiger partial charge on any atom is -0.275 e. The van der Waals surface area contributed by atoms with Crippen molar-refractivity contribution >= 4 is 40.4 Å². The molecule has 1 aliphatic heterocycles. The molecule has 0 bridgehead atoms. The quantitative estimate of drug-likeness (QED) is 0.576. The molecule has 1 aliphatic rings. The van der Waals surface area contributed by atoms with E-state index >= 15 is 0 Å². The molecule has 0 aromatic heterocycles. The van der Waals surface area contributed by atoms with E-state index in [1.54, 1.807) is 11.8 Å². The fourth-order valence-electron chi connectivity index (χ4n) is 0.471. The van der Waals surface area contributed by atoms with Gasteiger partial charge in [0.05, 0.1) is 4.91 Å². The van der Waals surface area contributed by atoms with Crippen molar-refractivity contribution in [2.45, 2.75) is 0 Å². The Balaban J connectivity index is 2.57. The summed E-state index contributed by atoms with van der Waals surface area (Å²) in [6.45, 7) is 0. The summed E-state index contributed by atoms with van der Waals surface area (Å²) in [6.07, 6.45) is 0. The van der Waals surface area contributed by atoms with Gasteiger partial charge in [0.1, 0.15) is 0 Å². The Labute approximate surface area is 67.2 Å². The molecular weight excluding hydrogens is 176 g/mol. The second-order valence-electron chi connectivity index (χ2n) is 1.48. The molecule has 0 saturated carbocycles. The molecule has 4 heteroatoms. The van der Waals surface area contributed by atoms with E-state index in [4.69, 9.17) is 11.6 Å². The maximum absolute atomic E-state index is 10.5. The minimum atomic E-state index is -0.327. The first-order chi connectivity index (χ1) is 4.30.